The molecule has 2 heterocycles. The summed E-state index contributed by atoms with van der Waals surface area (Å²) in [6.45, 7) is 4.51. The number of nitrogens with zero attached hydrogens (tertiary/aromatic N) is 2. The third-order valence-corrected chi connectivity index (χ3v) is 7.11. The van der Waals surface area contributed by atoms with Gasteiger partial charge in [-0.2, -0.15) is 0 Å². The molecule has 0 aliphatic heterocycles. The highest BCUT2D eigenvalue weighted by atomic mass is 14.8. The number of hydrogen-bond acceptors (Lipinski definition) is 2. The van der Waals surface area contributed by atoms with E-state index in [1.54, 1.807) is 0 Å². The zero-order valence-corrected chi connectivity index (χ0v) is 21.6. The predicted octanol–water partition coefficient (Wildman–Crippen LogP) is 9.58. The van der Waals surface area contributed by atoms with E-state index in [1.165, 1.54) is 82.9 Å². The Morgan fingerprint density at radius 1 is 0.500 bits per heavy atom. The van der Waals surface area contributed by atoms with Gasteiger partial charge < -0.3 is 0 Å². The molecule has 36 heavy (non-hydrogen) atoms. The van der Waals surface area contributed by atoms with Crippen molar-refractivity contribution >= 4 is 21.8 Å². The second kappa shape index (κ2) is 11.5. The van der Waals surface area contributed by atoms with Crippen molar-refractivity contribution in [2.24, 2.45) is 0 Å². The average Bonchev–Trinajstić information content (AvgIpc) is 2.93. The summed E-state index contributed by atoms with van der Waals surface area (Å²) in [5.74, 6) is 0. The van der Waals surface area contributed by atoms with E-state index in [0.717, 1.165) is 23.9 Å². The molecule has 0 aliphatic rings. The van der Waals surface area contributed by atoms with Gasteiger partial charge in [0.25, 0.3) is 0 Å². The van der Waals surface area contributed by atoms with E-state index in [4.69, 9.17) is 9.97 Å². The molecule has 3 aromatic carbocycles. The largest absolute Gasteiger partial charge is 0.250 e. The van der Waals surface area contributed by atoms with Crippen LogP contribution in [0.3, 0.4) is 0 Å². The number of fused-ring (bicyclic) bond motifs is 3. The van der Waals surface area contributed by atoms with E-state index < -0.39 is 0 Å². The van der Waals surface area contributed by atoms with Crippen molar-refractivity contribution in [3.8, 4) is 22.3 Å². The van der Waals surface area contributed by atoms with Gasteiger partial charge >= 0.3 is 0 Å². The number of aryl methyl sites for hydroxylation is 2. The zero-order chi connectivity index (χ0) is 24.7. The maximum atomic E-state index is 5.27. The second-order valence-corrected chi connectivity index (χ2v) is 9.83. The van der Waals surface area contributed by atoms with E-state index in [1.807, 2.05) is 0 Å². The molecule has 0 saturated carbocycles. The fourth-order valence-corrected chi connectivity index (χ4v) is 5.16. The Labute approximate surface area is 215 Å². The quantitative estimate of drug-likeness (QED) is 0.149. The molecule has 0 aliphatic carbocycles. The van der Waals surface area contributed by atoms with Crippen LogP contribution in [0.1, 0.15) is 63.8 Å². The molecule has 0 atom stereocenters. The van der Waals surface area contributed by atoms with Gasteiger partial charge in [0, 0.05) is 22.2 Å². The van der Waals surface area contributed by atoms with Crippen molar-refractivity contribution in [3.05, 3.63) is 96.3 Å². The lowest BCUT2D eigenvalue weighted by molar-refractivity contribution is 0.708. The van der Waals surface area contributed by atoms with Gasteiger partial charge in [-0.1, -0.05) is 112 Å². The van der Waals surface area contributed by atoms with Gasteiger partial charge in [0.1, 0.15) is 0 Å². The zero-order valence-electron chi connectivity index (χ0n) is 21.6. The van der Waals surface area contributed by atoms with Crippen LogP contribution >= 0.6 is 0 Å². The molecule has 5 rings (SSSR count). The SMILES string of the molecule is CCCCCc1cc(-c2ccccc2)c2ccc3c(-c4ccccc4)cc(CCCCC)nc3c2n1. The Morgan fingerprint density at radius 2 is 0.917 bits per heavy atom. The summed E-state index contributed by atoms with van der Waals surface area (Å²) >= 11 is 0. The van der Waals surface area contributed by atoms with E-state index in [9.17, 15) is 0 Å². The third-order valence-electron chi connectivity index (χ3n) is 7.11. The average molecular weight is 473 g/mol. The van der Waals surface area contributed by atoms with Gasteiger partial charge in [-0.3, -0.25) is 9.97 Å². The lowest BCUT2D eigenvalue weighted by atomic mass is 9.94. The van der Waals surface area contributed by atoms with E-state index in [0.29, 0.717) is 0 Å². The fourth-order valence-electron chi connectivity index (χ4n) is 5.16. The Morgan fingerprint density at radius 3 is 1.31 bits per heavy atom. The fraction of sp³-hybridized carbons (Fsp3) is 0.294. The van der Waals surface area contributed by atoms with Crippen LogP contribution in [0.25, 0.3) is 44.1 Å². The minimum Gasteiger partial charge on any atom is -0.250 e. The minimum absolute atomic E-state index is 1.00. The molecule has 5 aromatic rings. The lowest BCUT2D eigenvalue weighted by Crippen LogP contribution is -1.99. The van der Waals surface area contributed by atoms with Gasteiger partial charge in [-0.15, -0.1) is 0 Å². The van der Waals surface area contributed by atoms with E-state index in [2.05, 4.69) is 98.8 Å². The molecular weight excluding hydrogens is 436 g/mol. The second-order valence-electron chi connectivity index (χ2n) is 9.83. The number of aromatic nitrogens is 2. The first-order valence-corrected chi connectivity index (χ1v) is 13.7. The van der Waals surface area contributed by atoms with Gasteiger partial charge in [0.15, 0.2) is 0 Å². The third kappa shape index (κ3) is 5.18. The Kier molecular flexibility index (Phi) is 7.71. The van der Waals surface area contributed by atoms with Gasteiger partial charge in [0.05, 0.1) is 11.0 Å². The van der Waals surface area contributed by atoms with Crippen LogP contribution in [0.15, 0.2) is 84.9 Å². The molecule has 0 amide bonds. The Hall–Kier alpha value is -3.52. The lowest BCUT2D eigenvalue weighted by Gasteiger charge is -2.15. The molecule has 0 spiro atoms. The predicted molar refractivity (Wildman–Crippen MR) is 154 cm³/mol. The molecule has 2 aromatic heterocycles. The molecule has 2 heteroatoms. The number of hydrogen-bond donors (Lipinski definition) is 0. The highest BCUT2D eigenvalue weighted by Crippen LogP contribution is 2.36. The molecule has 0 bridgehead atoms. The highest BCUT2D eigenvalue weighted by molar-refractivity contribution is 6.12. The van der Waals surface area contributed by atoms with Crippen molar-refractivity contribution in [2.75, 3.05) is 0 Å². The molecule has 0 unspecified atom stereocenters. The number of rotatable bonds is 10. The maximum Gasteiger partial charge on any atom is 0.0974 e. The molecule has 0 radical (unpaired) electrons. The molecule has 0 N–H and O–H groups in total. The number of benzene rings is 3. The molecule has 0 fully saturated rings. The van der Waals surface area contributed by atoms with Crippen LogP contribution in [0.4, 0.5) is 0 Å². The van der Waals surface area contributed by atoms with Gasteiger partial charge in [0.2, 0.25) is 0 Å². The monoisotopic (exact) mass is 472 g/mol. The van der Waals surface area contributed by atoms with Crippen molar-refractivity contribution in [1.82, 2.24) is 9.97 Å². The summed E-state index contributed by atoms with van der Waals surface area (Å²) in [6.07, 6.45) is 9.22. The smallest absolute Gasteiger partial charge is 0.0974 e. The molecule has 2 nitrogen and oxygen atoms in total. The topological polar surface area (TPSA) is 25.8 Å². The summed E-state index contributed by atoms with van der Waals surface area (Å²) in [6, 6.07) is 30.6. The van der Waals surface area contributed by atoms with Crippen molar-refractivity contribution < 1.29 is 0 Å². The number of unbranched alkanes of at least 4 members (excludes halogenated alkanes) is 4. The van der Waals surface area contributed by atoms with Crippen LogP contribution in [-0.4, -0.2) is 9.97 Å². The standard InChI is InChI=1S/C34H36N2/c1-3-5-9-19-27-23-31(25-15-11-7-12-16-25)29-21-22-30-32(26-17-13-8-14-18-26)24-28(20-10-6-4-2)36-34(30)33(29)35-27/h7-8,11-18,21-24H,3-6,9-10,19-20H2,1-2H3. The summed E-state index contributed by atoms with van der Waals surface area (Å²) < 4.78 is 0. The normalized spacial score (nSPS) is 11.4. The highest BCUT2D eigenvalue weighted by Gasteiger charge is 2.15. The van der Waals surface area contributed by atoms with Crippen LogP contribution in [0.2, 0.25) is 0 Å². The van der Waals surface area contributed by atoms with Gasteiger partial charge in [-0.25, -0.2) is 0 Å². The van der Waals surface area contributed by atoms with Crippen molar-refractivity contribution in [1.29, 1.82) is 0 Å². The van der Waals surface area contributed by atoms with Crippen LogP contribution < -0.4 is 0 Å². The Balaban J connectivity index is 1.77. The first kappa shape index (κ1) is 24.2. The van der Waals surface area contributed by atoms with Crippen LogP contribution in [-0.2, 0) is 12.8 Å². The molecule has 0 saturated heterocycles. The molecular formula is C34H36N2. The minimum atomic E-state index is 1.00. The van der Waals surface area contributed by atoms with Crippen molar-refractivity contribution in [3.63, 3.8) is 0 Å². The molecule has 182 valence electrons. The van der Waals surface area contributed by atoms with Crippen molar-refractivity contribution in [2.45, 2.75) is 65.2 Å². The first-order chi connectivity index (χ1) is 17.8. The van der Waals surface area contributed by atoms with Crippen LogP contribution in [0.5, 0.6) is 0 Å². The van der Waals surface area contributed by atoms with E-state index >= 15 is 0 Å². The Bertz CT molecular complexity index is 1330. The summed E-state index contributed by atoms with van der Waals surface area (Å²) in [7, 11) is 0. The van der Waals surface area contributed by atoms with Gasteiger partial charge in [-0.05, 0) is 60.1 Å². The summed E-state index contributed by atoms with van der Waals surface area (Å²) in [5.41, 5.74) is 9.40. The maximum absolute atomic E-state index is 5.27. The number of pyridine rings is 2. The first-order valence-electron chi connectivity index (χ1n) is 13.7. The van der Waals surface area contributed by atoms with Crippen LogP contribution in [0, 0.1) is 0 Å². The summed E-state index contributed by atoms with van der Waals surface area (Å²) in [5, 5.41) is 2.37. The summed E-state index contributed by atoms with van der Waals surface area (Å²) in [4.78, 5) is 10.5. The van der Waals surface area contributed by atoms with E-state index in [-0.39, 0.29) is 0 Å².